The van der Waals surface area contributed by atoms with Crippen LogP contribution in [0.15, 0.2) is 41.6 Å². The van der Waals surface area contributed by atoms with Crippen molar-refractivity contribution >= 4 is 34.4 Å². The van der Waals surface area contributed by atoms with Crippen molar-refractivity contribution in [2.75, 3.05) is 26.4 Å². The normalized spacial score (nSPS) is 13.3. The molecule has 0 fully saturated rings. The maximum absolute atomic E-state index is 13.0. The van der Waals surface area contributed by atoms with Crippen molar-refractivity contribution in [1.82, 2.24) is 14.9 Å². The van der Waals surface area contributed by atoms with Crippen LogP contribution in [0.3, 0.4) is 0 Å². The molecule has 1 aromatic heterocycles. The fourth-order valence-electron chi connectivity index (χ4n) is 3.26. The van der Waals surface area contributed by atoms with Gasteiger partial charge in [0.2, 0.25) is 0 Å². The summed E-state index contributed by atoms with van der Waals surface area (Å²) >= 11 is 1.64. The van der Waals surface area contributed by atoms with E-state index in [9.17, 15) is 9.59 Å². The summed E-state index contributed by atoms with van der Waals surface area (Å²) in [4.78, 5) is 35.8. The number of rotatable bonds is 5. The van der Waals surface area contributed by atoms with E-state index in [1.165, 1.54) is 0 Å². The fraction of sp³-hybridized carbons (Fsp3) is 0.250. The monoisotopic (exact) mass is 365 g/mol. The molecule has 6 heteroatoms. The molecule has 2 aromatic carbocycles. The maximum Gasteiger partial charge on any atom is 0.196 e. The van der Waals surface area contributed by atoms with Crippen LogP contribution >= 0.6 is 11.8 Å². The minimum absolute atomic E-state index is 0.105. The number of aromatic amines is 1. The van der Waals surface area contributed by atoms with Gasteiger partial charge in [-0.3, -0.25) is 9.59 Å². The molecule has 0 saturated heterocycles. The molecule has 0 atom stereocenters. The van der Waals surface area contributed by atoms with Crippen LogP contribution in [0.1, 0.15) is 38.3 Å². The van der Waals surface area contributed by atoms with Crippen molar-refractivity contribution in [1.29, 1.82) is 0 Å². The predicted octanol–water partition coefficient (Wildman–Crippen LogP) is 3.38. The number of benzene rings is 2. The number of thioether (sulfide) groups is 1. The second-order valence-corrected chi connectivity index (χ2v) is 7.72. The van der Waals surface area contributed by atoms with E-state index in [0.29, 0.717) is 27.8 Å². The van der Waals surface area contributed by atoms with Gasteiger partial charge in [0.1, 0.15) is 0 Å². The zero-order chi connectivity index (χ0) is 18.3. The molecule has 0 radical (unpaired) electrons. The van der Waals surface area contributed by atoms with Gasteiger partial charge in [-0.2, -0.15) is 0 Å². The molecule has 26 heavy (non-hydrogen) atoms. The first-order valence-corrected chi connectivity index (χ1v) is 9.53. The van der Waals surface area contributed by atoms with E-state index in [4.69, 9.17) is 0 Å². The van der Waals surface area contributed by atoms with Crippen LogP contribution in [0.2, 0.25) is 0 Å². The lowest BCUT2D eigenvalue weighted by molar-refractivity contribution is 0.0980. The lowest BCUT2D eigenvalue weighted by Crippen LogP contribution is -2.21. The van der Waals surface area contributed by atoms with Crippen molar-refractivity contribution in [3.63, 3.8) is 0 Å². The van der Waals surface area contributed by atoms with Gasteiger partial charge in [0.25, 0.3) is 0 Å². The molecule has 1 heterocycles. The van der Waals surface area contributed by atoms with Crippen molar-refractivity contribution < 1.29 is 9.59 Å². The summed E-state index contributed by atoms with van der Waals surface area (Å²) in [5, 5.41) is 0.784. The van der Waals surface area contributed by atoms with Gasteiger partial charge in [-0.15, -0.1) is 0 Å². The molecule has 132 valence electrons. The largest absolute Gasteiger partial charge is 0.332 e. The number of carbonyl (C=O) groups is 2. The number of nitrogens with one attached hydrogen (secondary N) is 1. The molecule has 1 aliphatic rings. The standard InChI is InChI=1S/C20H19N3O2S/c1-23(2)10-5-11-26-20-21-15-9-8-14-16(17(15)22-20)19(25)13-7-4-3-6-12(13)18(14)24/h3-4,6-9H,5,10-11H2,1-2H3,(H,21,22). The number of nitrogens with zero attached hydrogens (tertiary/aromatic N) is 2. The van der Waals surface area contributed by atoms with E-state index in [-0.39, 0.29) is 11.6 Å². The van der Waals surface area contributed by atoms with E-state index < -0.39 is 0 Å². The van der Waals surface area contributed by atoms with Gasteiger partial charge in [0.15, 0.2) is 16.7 Å². The maximum atomic E-state index is 13.0. The first-order chi connectivity index (χ1) is 12.6. The highest BCUT2D eigenvalue weighted by Crippen LogP contribution is 2.32. The van der Waals surface area contributed by atoms with Gasteiger partial charge in [-0.05, 0) is 39.2 Å². The molecule has 1 N–H and O–H groups in total. The highest BCUT2D eigenvalue weighted by Gasteiger charge is 2.31. The molecule has 0 aliphatic heterocycles. The highest BCUT2D eigenvalue weighted by molar-refractivity contribution is 7.99. The molecule has 3 aromatic rings. The summed E-state index contributed by atoms with van der Waals surface area (Å²) in [5.74, 6) is 0.719. The van der Waals surface area contributed by atoms with Crippen LogP contribution in [0.5, 0.6) is 0 Å². The summed E-state index contributed by atoms with van der Waals surface area (Å²) in [6.07, 6.45) is 1.05. The molecular weight excluding hydrogens is 346 g/mol. The Balaban J connectivity index is 1.70. The molecular formula is C20H19N3O2S. The average molecular weight is 365 g/mol. The van der Waals surface area contributed by atoms with Gasteiger partial charge in [0, 0.05) is 22.4 Å². The van der Waals surface area contributed by atoms with Gasteiger partial charge in [-0.25, -0.2) is 4.98 Å². The minimum Gasteiger partial charge on any atom is -0.332 e. The van der Waals surface area contributed by atoms with Crippen LogP contribution in [-0.4, -0.2) is 52.8 Å². The Morgan fingerprint density at radius 3 is 2.46 bits per heavy atom. The molecule has 0 spiro atoms. The average Bonchev–Trinajstić information content (AvgIpc) is 3.05. The van der Waals surface area contributed by atoms with E-state index >= 15 is 0 Å². The third-order valence-electron chi connectivity index (χ3n) is 4.51. The quantitative estimate of drug-likeness (QED) is 0.434. The Morgan fingerprint density at radius 1 is 1.00 bits per heavy atom. The Kier molecular flexibility index (Phi) is 4.38. The van der Waals surface area contributed by atoms with Crippen molar-refractivity contribution in [2.24, 2.45) is 0 Å². The summed E-state index contributed by atoms with van der Waals surface area (Å²) in [6, 6.07) is 10.5. The zero-order valence-corrected chi connectivity index (χ0v) is 15.5. The Labute approximate surface area is 155 Å². The first-order valence-electron chi connectivity index (χ1n) is 8.55. The number of hydrogen-bond donors (Lipinski definition) is 1. The van der Waals surface area contributed by atoms with E-state index in [1.54, 1.807) is 42.1 Å². The number of ketones is 2. The zero-order valence-electron chi connectivity index (χ0n) is 14.7. The van der Waals surface area contributed by atoms with Crippen molar-refractivity contribution in [2.45, 2.75) is 11.6 Å². The second-order valence-electron chi connectivity index (χ2n) is 6.63. The predicted molar refractivity (Wildman–Crippen MR) is 103 cm³/mol. The minimum atomic E-state index is -0.117. The van der Waals surface area contributed by atoms with Crippen LogP contribution in [0, 0.1) is 0 Å². The molecule has 4 rings (SSSR count). The topological polar surface area (TPSA) is 66.1 Å². The van der Waals surface area contributed by atoms with Gasteiger partial charge in [-0.1, -0.05) is 36.0 Å². The summed E-state index contributed by atoms with van der Waals surface area (Å²) < 4.78 is 0. The summed E-state index contributed by atoms with van der Waals surface area (Å²) in [6.45, 7) is 1.02. The highest BCUT2D eigenvalue weighted by atomic mass is 32.2. The molecule has 5 nitrogen and oxygen atoms in total. The SMILES string of the molecule is CN(C)CCCSc1nc2ccc3c(c2[nH]1)C(=O)c1ccccc1C3=O. The number of carbonyl (C=O) groups excluding carboxylic acids is 2. The lowest BCUT2D eigenvalue weighted by Gasteiger charge is -2.17. The van der Waals surface area contributed by atoms with E-state index in [0.717, 1.165) is 29.4 Å². The van der Waals surface area contributed by atoms with Crippen LogP contribution in [0.25, 0.3) is 11.0 Å². The van der Waals surface area contributed by atoms with Gasteiger partial charge in [0.05, 0.1) is 16.6 Å². The summed E-state index contributed by atoms with van der Waals surface area (Å²) in [5.41, 5.74) is 3.21. The van der Waals surface area contributed by atoms with E-state index in [1.807, 2.05) is 6.07 Å². The molecule has 0 amide bonds. The Morgan fingerprint density at radius 2 is 1.73 bits per heavy atom. The summed E-state index contributed by atoms with van der Waals surface area (Å²) in [7, 11) is 4.11. The number of hydrogen-bond acceptors (Lipinski definition) is 5. The van der Waals surface area contributed by atoms with Crippen molar-refractivity contribution in [3.05, 3.63) is 58.7 Å². The smallest absolute Gasteiger partial charge is 0.196 e. The van der Waals surface area contributed by atoms with Crippen LogP contribution < -0.4 is 0 Å². The van der Waals surface area contributed by atoms with E-state index in [2.05, 4.69) is 29.0 Å². The number of imidazole rings is 1. The van der Waals surface area contributed by atoms with Gasteiger partial charge < -0.3 is 9.88 Å². The molecule has 0 saturated carbocycles. The third kappa shape index (κ3) is 2.85. The third-order valence-corrected chi connectivity index (χ3v) is 5.47. The first kappa shape index (κ1) is 17.0. The second kappa shape index (κ2) is 6.70. The lowest BCUT2D eigenvalue weighted by atomic mass is 9.83. The van der Waals surface area contributed by atoms with Crippen molar-refractivity contribution in [3.8, 4) is 0 Å². The number of fused-ring (bicyclic) bond motifs is 4. The Hall–Kier alpha value is -2.44. The Bertz CT molecular complexity index is 1020. The van der Waals surface area contributed by atoms with Crippen LogP contribution in [-0.2, 0) is 0 Å². The van der Waals surface area contributed by atoms with Crippen LogP contribution in [0.4, 0.5) is 0 Å². The van der Waals surface area contributed by atoms with Gasteiger partial charge >= 0.3 is 0 Å². The molecule has 0 bridgehead atoms. The number of H-pyrrole nitrogens is 1. The molecule has 1 aliphatic carbocycles. The molecule has 0 unspecified atom stereocenters. The number of aromatic nitrogens is 2. The fourth-order valence-corrected chi connectivity index (χ4v) is 4.06.